The molecule has 0 aromatic carbocycles. The number of amides is 5. The number of ether oxygens (including phenoxy) is 4. The van der Waals surface area contributed by atoms with Crippen LogP contribution in [-0.4, -0.2) is 385 Å². The van der Waals surface area contributed by atoms with Crippen LogP contribution in [0.4, 0.5) is 22.8 Å². The van der Waals surface area contributed by atoms with Crippen LogP contribution in [0.25, 0.3) is 0 Å². The third-order valence-corrected chi connectivity index (χ3v) is 21.3. The first-order valence-electron chi connectivity index (χ1n) is 45.6. The molecular formula is C93H198F3N15O8. The number of hydrogen-bond donors (Lipinski definition) is 3. The van der Waals surface area contributed by atoms with Crippen molar-refractivity contribution in [3.05, 3.63) is 0 Å². The zero-order chi connectivity index (χ0) is 93.4. The highest BCUT2D eigenvalue weighted by atomic mass is 19.4. The number of piperazine rings is 5. The summed E-state index contributed by atoms with van der Waals surface area (Å²) >= 11 is 0. The van der Waals surface area contributed by atoms with Crippen LogP contribution in [0, 0.1) is 5.41 Å². The molecule has 0 aliphatic carbocycles. The lowest BCUT2D eigenvalue weighted by Gasteiger charge is -2.44. The largest absolute Gasteiger partial charge is 0.395 e. The summed E-state index contributed by atoms with van der Waals surface area (Å²) in [6.45, 7) is 107. The zero-order valence-corrected chi connectivity index (χ0v) is 85.4. The number of nitrogens with one attached hydrogen (secondary N) is 1. The fourth-order valence-corrected chi connectivity index (χ4v) is 13.1. The molecule has 2 atom stereocenters. The fraction of sp³-hybridized carbons (Fsp3) is 0.968. The highest BCUT2D eigenvalue weighted by Crippen LogP contribution is 2.36. The predicted octanol–water partition coefficient (Wildman–Crippen LogP) is 15.5. The second-order valence-corrected chi connectivity index (χ2v) is 44.4. The van der Waals surface area contributed by atoms with E-state index >= 15 is 0 Å². The Morgan fingerprint density at radius 3 is 0.924 bits per heavy atom. The molecule has 26 heteroatoms. The minimum absolute atomic E-state index is 0. The molecule has 0 spiro atoms. The van der Waals surface area contributed by atoms with Gasteiger partial charge in [-0.25, -0.2) is 9.59 Å². The average molecular weight is 1710 g/mol. The highest BCUT2D eigenvalue weighted by Gasteiger charge is 2.43. The van der Waals surface area contributed by atoms with Gasteiger partial charge in [0, 0.05) is 228 Å². The van der Waals surface area contributed by atoms with Crippen molar-refractivity contribution < 1.29 is 51.6 Å². The number of aliphatic hydroxyl groups is 1. The van der Waals surface area contributed by atoms with Crippen molar-refractivity contribution in [1.82, 2.24) is 69.0 Å². The Labute approximate surface area is 732 Å². The van der Waals surface area contributed by atoms with Crippen LogP contribution in [0.3, 0.4) is 0 Å². The number of likely N-dealkylation sites (tertiary alicyclic amines) is 1. The maximum Gasteiger partial charge on any atom is 0.393 e. The number of nitrogens with two attached hydrogens (primary N) is 1. The van der Waals surface area contributed by atoms with E-state index in [1.807, 2.05) is 63.2 Å². The lowest BCUT2D eigenvalue weighted by molar-refractivity contribution is -0.204. The SMILES string of the molecule is CC(C)(C)C(F)(F)F.CC(C)(C)N.CC(C)(C)N1CCCCC1.CC(C)(C)N1CCN(C(=O)NCCO)CC1.CC(C)(C)N1CCOCC1.CC1CN(C(C)(C)C)CC(C)O1.CCCC(=O)N1CCN(C(C)(C)C)CC1.CCOC(C)(C)C.CN1CCN(C(=O)N2CCN(C(C)(C)C)CC2)CC1.CN1CCN(C(C)(C)C)CC1.COC(C)(C)C. The molecule has 8 saturated heterocycles. The third kappa shape index (κ3) is 60.5. The molecule has 0 bridgehead atoms. The van der Waals surface area contributed by atoms with Gasteiger partial charge in [-0.3, -0.25) is 39.1 Å². The number of nitrogens with zero attached hydrogens (tertiary/aromatic N) is 13. The summed E-state index contributed by atoms with van der Waals surface area (Å²) in [4.78, 5) is 65.6. The van der Waals surface area contributed by atoms with Crippen molar-refractivity contribution in [2.75, 3.05) is 224 Å². The van der Waals surface area contributed by atoms with Gasteiger partial charge in [0.15, 0.2) is 0 Å². The topological polar surface area (TPSA) is 189 Å². The van der Waals surface area contributed by atoms with E-state index in [1.165, 1.54) is 58.5 Å². The first kappa shape index (κ1) is 120. The van der Waals surface area contributed by atoms with Crippen molar-refractivity contribution in [3.8, 4) is 0 Å². The minimum Gasteiger partial charge on any atom is -0.395 e. The van der Waals surface area contributed by atoms with Gasteiger partial charge in [-0.15, -0.1) is 0 Å². The Morgan fingerprint density at radius 2 is 0.681 bits per heavy atom. The lowest BCUT2D eigenvalue weighted by atomic mass is 9.96. The molecule has 0 radical (unpaired) electrons. The molecule has 0 aromatic rings. The minimum atomic E-state index is -4.06. The fourth-order valence-electron chi connectivity index (χ4n) is 13.1. The van der Waals surface area contributed by atoms with Gasteiger partial charge in [0.2, 0.25) is 5.91 Å². The number of carbonyl (C=O) groups is 3. The molecule has 23 nitrogen and oxygen atoms in total. The number of halogens is 3. The maximum atomic E-state index is 12.4. The van der Waals surface area contributed by atoms with E-state index < -0.39 is 11.6 Å². The quantitative estimate of drug-likeness (QED) is 0.235. The number of alkyl halides is 3. The number of likely N-dealkylation sites (N-methyl/N-ethyl adjacent to an activating group) is 2. The molecule has 8 fully saturated rings. The molecule has 8 aliphatic rings. The van der Waals surface area contributed by atoms with Gasteiger partial charge >= 0.3 is 18.2 Å². The molecule has 714 valence electrons. The molecule has 8 aliphatic heterocycles. The summed E-state index contributed by atoms with van der Waals surface area (Å²) in [5, 5.41) is 11.3. The highest BCUT2D eigenvalue weighted by molar-refractivity contribution is 5.76. The first-order chi connectivity index (χ1) is 53.7. The maximum absolute atomic E-state index is 12.4. The second-order valence-electron chi connectivity index (χ2n) is 44.4. The van der Waals surface area contributed by atoms with E-state index in [0.717, 1.165) is 178 Å². The van der Waals surface area contributed by atoms with E-state index in [0.29, 0.717) is 47.7 Å². The monoisotopic (exact) mass is 1710 g/mol. The van der Waals surface area contributed by atoms with Crippen molar-refractivity contribution in [1.29, 1.82) is 0 Å². The van der Waals surface area contributed by atoms with Crippen LogP contribution in [0.5, 0.6) is 0 Å². The smallest absolute Gasteiger partial charge is 0.393 e. The first-order valence-corrected chi connectivity index (χ1v) is 45.6. The van der Waals surface area contributed by atoms with Crippen LogP contribution in [-0.2, 0) is 23.7 Å². The van der Waals surface area contributed by atoms with Gasteiger partial charge in [-0.2, -0.15) is 13.2 Å². The van der Waals surface area contributed by atoms with Crippen molar-refractivity contribution >= 4 is 18.0 Å². The molecule has 8 heterocycles. The summed E-state index contributed by atoms with van der Waals surface area (Å²) in [6.07, 6.45) is 2.60. The molecule has 2 unspecified atom stereocenters. The van der Waals surface area contributed by atoms with E-state index in [-0.39, 0.29) is 57.6 Å². The van der Waals surface area contributed by atoms with Crippen molar-refractivity contribution in [3.63, 3.8) is 0 Å². The third-order valence-electron chi connectivity index (χ3n) is 21.3. The van der Waals surface area contributed by atoms with Gasteiger partial charge in [-0.05, 0) is 275 Å². The van der Waals surface area contributed by atoms with E-state index in [4.69, 9.17) is 29.8 Å². The van der Waals surface area contributed by atoms with Gasteiger partial charge in [0.05, 0.1) is 48.6 Å². The summed E-state index contributed by atoms with van der Waals surface area (Å²) in [6, 6.07) is 0.171. The zero-order valence-electron chi connectivity index (χ0n) is 85.4. The van der Waals surface area contributed by atoms with Gasteiger partial charge in [-0.1, -0.05) is 34.1 Å². The predicted molar refractivity (Wildman–Crippen MR) is 499 cm³/mol. The van der Waals surface area contributed by atoms with Crippen LogP contribution in [0.15, 0.2) is 0 Å². The standard InChI is InChI=1S/C14H28N4O.C12H24N2O.C11H23N3O2.C10H21NO.C9H20N2.C9H19N.C8H17NO.C6H14O.C5H9F3.C5H12O.C4H11N/c1-14(2,3)18-11-9-17(10-12-18)13(19)16-7-5-15(4)6-8-16;1-5-6-11(15)13-7-9-14(10-8-13)12(2,3)4;1-11(2,3)14-7-5-13(6-8-14)10(16)12-4-9-15;1-8-6-11(10(3,4)5)7-9(2)12-8;1-9(2,3)11-7-5-10(4)6-8-11;1-9(2,3)10-7-5-4-6-8-10;1-8(2,3)9-4-6-10-7-5-9;1-5-7-6(2,3)4;1-4(2,3)5(6,7)8;1-5(2,3)6-4;1-4(2,3)5/h5-12H2,1-4H3;5-10H2,1-4H3;15H,4-9H2,1-3H3,(H,12,16);8-9H,6-7H2,1-5H3;5-8H2,1-4H3;4-8H2,1-3H3;4-7H2,1-3H3;5H2,1-4H3;1-3H3;1-4H3;5H2,1-3H3. The number of carbonyl (C=O) groups excluding carboxylic acids is 3. The number of hydrogen-bond acceptors (Lipinski definition) is 18. The van der Waals surface area contributed by atoms with E-state index in [2.05, 4.69) is 250 Å². The van der Waals surface area contributed by atoms with Crippen LogP contribution >= 0.6 is 0 Å². The van der Waals surface area contributed by atoms with Gasteiger partial charge < -0.3 is 64.5 Å². The molecule has 0 aromatic heterocycles. The molecule has 8 rings (SSSR count). The Morgan fingerprint density at radius 1 is 0.412 bits per heavy atom. The molecule has 5 amide bonds. The molecular weight excluding hydrogens is 1510 g/mol. The molecule has 0 saturated carbocycles. The lowest BCUT2D eigenvalue weighted by Crippen LogP contribution is -2.58. The van der Waals surface area contributed by atoms with Crippen LogP contribution < -0.4 is 11.1 Å². The summed E-state index contributed by atoms with van der Waals surface area (Å²) in [7, 11) is 6.02. The van der Waals surface area contributed by atoms with Gasteiger partial charge in [0.1, 0.15) is 0 Å². The number of methoxy groups -OCH3 is 1. The van der Waals surface area contributed by atoms with Crippen molar-refractivity contribution in [2.45, 2.75) is 362 Å². The number of morpholine rings is 2. The second kappa shape index (κ2) is 55.7. The van der Waals surface area contributed by atoms with Crippen LogP contribution in [0.1, 0.15) is 288 Å². The Bertz CT molecular complexity index is 2520. The Balaban J connectivity index is -0.00000127. The number of aliphatic hydroxyl groups excluding tert-OH is 1. The number of piperidine rings is 1. The summed E-state index contributed by atoms with van der Waals surface area (Å²) in [5.74, 6) is 0.325. The Hall–Kier alpha value is -2.80. The molecule has 4 N–H and O–H groups in total. The Kier molecular flexibility index (Phi) is 56.4. The van der Waals surface area contributed by atoms with Gasteiger partial charge in [0.25, 0.3) is 0 Å². The van der Waals surface area contributed by atoms with E-state index in [9.17, 15) is 27.6 Å². The molecule has 119 heavy (non-hydrogen) atoms. The van der Waals surface area contributed by atoms with Crippen molar-refractivity contribution in [2.24, 2.45) is 11.1 Å². The van der Waals surface area contributed by atoms with E-state index in [1.54, 1.807) is 12.0 Å². The summed E-state index contributed by atoms with van der Waals surface area (Å²) in [5.41, 5.74) is 5.88. The average Bonchev–Trinajstić information content (AvgIpc) is 0.841. The number of urea groups is 2. The van der Waals surface area contributed by atoms with Crippen LogP contribution in [0.2, 0.25) is 0 Å². The normalized spacial score (nSPS) is 21.0. The number of rotatable bonds is 5. The summed E-state index contributed by atoms with van der Waals surface area (Å²) < 4.78 is 55.8.